The third-order valence-electron chi connectivity index (χ3n) is 2.90. The van der Waals surface area contributed by atoms with Crippen molar-refractivity contribution in [3.05, 3.63) is 50.1 Å². The first-order chi connectivity index (χ1) is 9.47. The smallest absolute Gasteiger partial charge is 0.221 e. The van der Waals surface area contributed by atoms with Crippen LogP contribution in [0, 0.1) is 0 Å². The van der Waals surface area contributed by atoms with Gasteiger partial charge in [0.2, 0.25) is 5.91 Å². The standard InChI is InChI=1S/C14H14Cl2N2OS/c1-8(10-7-12(15)20-14(10)16)18-11-5-3-2-4-9(11)6-13(17)19/h2-5,7-8,18H,6H2,1H3,(H2,17,19). The van der Waals surface area contributed by atoms with Crippen molar-refractivity contribution in [1.82, 2.24) is 0 Å². The van der Waals surface area contributed by atoms with Gasteiger partial charge in [0.15, 0.2) is 0 Å². The Morgan fingerprint density at radius 3 is 2.70 bits per heavy atom. The third-order valence-corrected chi connectivity index (χ3v) is 4.42. The number of hydrogen-bond donors (Lipinski definition) is 2. The van der Waals surface area contributed by atoms with E-state index in [4.69, 9.17) is 28.9 Å². The molecular formula is C14H14Cl2N2OS. The molecule has 6 heteroatoms. The summed E-state index contributed by atoms with van der Waals surface area (Å²) >= 11 is 13.4. The van der Waals surface area contributed by atoms with Gasteiger partial charge in [-0.1, -0.05) is 41.4 Å². The Morgan fingerprint density at radius 2 is 2.10 bits per heavy atom. The van der Waals surface area contributed by atoms with Crippen molar-refractivity contribution in [2.45, 2.75) is 19.4 Å². The van der Waals surface area contributed by atoms with E-state index in [1.807, 2.05) is 37.3 Å². The number of rotatable bonds is 5. The number of anilines is 1. The molecule has 0 aliphatic rings. The average Bonchev–Trinajstić information content (AvgIpc) is 2.70. The highest BCUT2D eigenvalue weighted by Crippen LogP contribution is 2.36. The van der Waals surface area contributed by atoms with Crippen LogP contribution in [0.2, 0.25) is 8.67 Å². The predicted octanol–water partition coefficient (Wildman–Crippen LogP) is 4.26. The number of carbonyl (C=O) groups excluding carboxylic acids is 1. The molecule has 1 aromatic heterocycles. The maximum atomic E-state index is 11.1. The summed E-state index contributed by atoms with van der Waals surface area (Å²) in [6.07, 6.45) is 0.202. The number of hydrogen-bond acceptors (Lipinski definition) is 3. The molecule has 2 rings (SSSR count). The highest BCUT2D eigenvalue weighted by Gasteiger charge is 2.14. The second kappa shape index (κ2) is 6.48. The number of nitrogens with one attached hydrogen (secondary N) is 1. The first kappa shape index (κ1) is 15.2. The third kappa shape index (κ3) is 3.66. The molecule has 3 nitrogen and oxygen atoms in total. The van der Waals surface area contributed by atoms with E-state index in [0.717, 1.165) is 16.8 Å². The summed E-state index contributed by atoms with van der Waals surface area (Å²) in [6, 6.07) is 9.41. The molecule has 0 aliphatic heterocycles. The summed E-state index contributed by atoms with van der Waals surface area (Å²) in [6.45, 7) is 1.99. The lowest BCUT2D eigenvalue weighted by Gasteiger charge is -2.17. The van der Waals surface area contributed by atoms with E-state index in [1.165, 1.54) is 11.3 Å². The van der Waals surface area contributed by atoms with Crippen molar-refractivity contribution >= 4 is 46.1 Å². The van der Waals surface area contributed by atoms with Crippen LogP contribution >= 0.6 is 34.5 Å². The number of nitrogens with two attached hydrogens (primary N) is 1. The molecule has 0 bridgehead atoms. The highest BCUT2D eigenvalue weighted by molar-refractivity contribution is 7.20. The minimum absolute atomic E-state index is 0.0136. The fraction of sp³-hybridized carbons (Fsp3) is 0.214. The van der Waals surface area contributed by atoms with Gasteiger partial charge < -0.3 is 11.1 Å². The lowest BCUT2D eigenvalue weighted by molar-refractivity contribution is -0.117. The number of thiophene rings is 1. The molecule has 0 radical (unpaired) electrons. The molecule has 0 spiro atoms. The maximum absolute atomic E-state index is 11.1. The fourth-order valence-corrected chi connectivity index (χ4v) is 3.61. The first-order valence-electron chi connectivity index (χ1n) is 6.05. The number of halogens is 2. The minimum Gasteiger partial charge on any atom is -0.378 e. The van der Waals surface area contributed by atoms with Gasteiger partial charge >= 0.3 is 0 Å². The Kier molecular flexibility index (Phi) is 4.91. The minimum atomic E-state index is -0.358. The average molecular weight is 329 g/mol. The maximum Gasteiger partial charge on any atom is 0.221 e. The van der Waals surface area contributed by atoms with Crippen molar-refractivity contribution in [3.63, 3.8) is 0 Å². The van der Waals surface area contributed by atoms with E-state index in [-0.39, 0.29) is 18.4 Å². The molecule has 1 amide bonds. The van der Waals surface area contributed by atoms with Gasteiger partial charge in [-0.2, -0.15) is 0 Å². The molecule has 1 heterocycles. The van der Waals surface area contributed by atoms with E-state index in [2.05, 4.69) is 5.32 Å². The van der Waals surface area contributed by atoms with Gasteiger partial charge in [0.1, 0.15) is 0 Å². The molecular weight excluding hydrogens is 315 g/mol. The first-order valence-corrected chi connectivity index (χ1v) is 7.62. The predicted molar refractivity (Wildman–Crippen MR) is 85.7 cm³/mol. The molecule has 2 aromatic rings. The van der Waals surface area contributed by atoms with Crippen molar-refractivity contribution in [2.24, 2.45) is 5.73 Å². The van der Waals surface area contributed by atoms with E-state index in [0.29, 0.717) is 8.67 Å². The van der Waals surface area contributed by atoms with Gasteiger partial charge in [0.05, 0.1) is 21.1 Å². The van der Waals surface area contributed by atoms with Crippen LogP contribution in [0.5, 0.6) is 0 Å². The largest absolute Gasteiger partial charge is 0.378 e. The molecule has 0 saturated carbocycles. The second-order valence-electron chi connectivity index (χ2n) is 4.45. The van der Waals surface area contributed by atoms with Gasteiger partial charge in [-0.05, 0) is 24.6 Å². The van der Waals surface area contributed by atoms with Gasteiger partial charge in [-0.3, -0.25) is 4.79 Å². The number of amides is 1. The number of para-hydroxylation sites is 1. The fourth-order valence-electron chi connectivity index (χ4n) is 1.96. The van der Waals surface area contributed by atoms with Crippen LogP contribution in [0.15, 0.2) is 30.3 Å². The zero-order valence-electron chi connectivity index (χ0n) is 10.8. The van der Waals surface area contributed by atoms with Crippen molar-refractivity contribution < 1.29 is 4.79 Å². The van der Waals surface area contributed by atoms with Gasteiger partial charge in [-0.15, -0.1) is 11.3 Å². The Hall–Kier alpha value is -1.23. The monoisotopic (exact) mass is 328 g/mol. The van der Waals surface area contributed by atoms with Crippen molar-refractivity contribution in [1.29, 1.82) is 0 Å². The zero-order chi connectivity index (χ0) is 14.7. The van der Waals surface area contributed by atoms with Crippen LogP contribution in [0.25, 0.3) is 0 Å². The van der Waals surface area contributed by atoms with E-state index >= 15 is 0 Å². The molecule has 0 aliphatic carbocycles. The molecule has 1 atom stereocenters. The normalized spacial score (nSPS) is 12.2. The van der Waals surface area contributed by atoms with Gasteiger partial charge in [0, 0.05) is 11.3 Å². The Bertz CT molecular complexity index is 627. The molecule has 106 valence electrons. The Labute approximate surface area is 131 Å². The summed E-state index contributed by atoms with van der Waals surface area (Å²) in [5.74, 6) is -0.358. The quantitative estimate of drug-likeness (QED) is 0.861. The molecule has 0 saturated heterocycles. The molecule has 0 fully saturated rings. The second-order valence-corrected chi connectivity index (χ2v) is 6.73. The van der Waals surface area contributed by atoms with Crippen LogP contribution in [-0.4, -0.2) is 5.91 Å². The highest BCUT2D eigenvalue weighted by atomic mass is 35.5. The summed E-state index contributed by atoms with van der Waals surface area (Å²) in [7, 11) is 0. The SMILES string of the molecule is CC(Nc1ccccc1CC(N)=O)c1cc(Cl)sc1Cl. The summed E-state index contributed by atoms with van der Waals surface area (Å²) in [5.41, 5.74) is 7.94. The van der Waals surface area contributed by atoms with Crippen LogP contribution < -0.4 is 11.1 Å². The summed E-state index contributed by atoms with van der Waals surface area (Å²) in [4.78, 5) is 11.1. The zero-order valence-corrected chi connectivity index (χ0v) is 13.1. The van der Waals surface area contributed by atoms with Crippen molar-refractivity contribution in [3.8, 4) is 0 Å². The number of carbonyl (C=O) groups is 1. The Balaban J connectivity index is 2.21. The van der Waals surface area contributed by atoms with Crippen LogP contribution in [0.4, 0.5) is 5.69 Å². The molecule has 1 aromatic carbocycles. The Morgan fingerprint density at radius 1 is 1.40 bits per heavy atom. The van der Waals surface area contributed by atoms with Crippen LogP contribution in [0.1, 0.15) is 24.1 Å². The van der Waals surface area contributed by atoms with E-state index in [9.17, 15) is 4.79 Å². The van der Waals surface area contributed by atoms with Crippen LogP contribution in [-0.2, 0) is 11.2 Å². The van der Waals surface area contributed by atoms with Gasteiger partial charge in [0.25, 0.3) is 0 Å². The van der Waals surface area contributed by atoms with Crippen molar-refractivity contribution in [2.75, 3.05) is 5.32 Å². The number of primary amides is 1. The summed E-state index contributed by atoms with van der Waals surface area (Å²) < 4.78 is 1.33. The van der Waals surface area contributed by atoms with Crippen LogP contribution in [0.3, 0.4) is 0 Å². The topological polar surface area (TPSA) is 55.1 Å². The van der Waals surface area contributed by atoms with Gasteiger partial charge in [-0.25, -0.2) is 0 Å². The lowest BCUT2D eigenvalue weighted by Crippen LogP contribution is -2.16. The number of benzene rings is 1. The summed E-state index contributed by atoms with van der Waals surface area (Å²) in [5, 5.41) is 3.34. The molecule has 3 N–H and O–H groups in total. The molecule has 20 heavy (non-hydrogen) atoms. The lowest BCUT2D eigenvalue weighted by atomic mass is 10.1. The van der Waals surface area contributed by atoms with E-state index in [1.54, 1.807) is 0 Å². The van der Waals surface area contributed by atoms with E-state index < -0.39 is 0 Å². The molecule has 1 unspecified atom stereocenters.